The van der Waals surface area contributed by atoms with E-state index in [1.165, 1.54) is 0 Å². The molecule has 2 aromatic rings. The Balaban J connectivity index is 2.24. The fourth-order valence-electron chi connectivity index (χ4n) is 1.36. The standard InChI is InChI=1S/C11H11Br2N3O/c1-14-5-4-10-15-16-11(17-10)8-3-2-7(12)6-9(8)13/h2-3,6,14H,4-5H2,1H3. The maximum absolute atomic E-state index is 5.58. The van der Waals surface area contributed by atoms with Gasteiger partial charge in [-0.2, -0.15) is 0 Å². The molecule has 0 aliphatic heterocycles. The largest absolute Gasteiger partial charge is 0.421 e. The molecule has 0 spiro atoms. The predicted octanol–water partition coefficient (Wildman–Crippen LogP) is 3.02. The highest BCUT2D eigenvalue weighted by molar-refractivity contribution is 9.11. The third kappa shape index (κ3) is 3.14. The van der Waals surface area contributed by atoms with Crippen molar-refractivity contribution in [3.05, 3.63) is 33.0 Å². The van der Waals surface area contributed by atoms with Gasteiger partial charge in [-0.25, -0.2) is 0 Å². The molecule has 1 heterocycles. The van der Waals surface area contributed by atoms with Gasteiger partial charge in [0.25, 0.3) is 0 Å². The Morgan fingerprint density at radius 2 is 2.12 bits per heavy atom. The summed E-state index contributed by atoms with van der Waals surface area (Å²) in [5, 5.41) is 11.1. The minimum absolute atomic E-state index is 0.537. The van der Waals surface area contributed by atoms with E-state index >= 15 is 0 Å². The fourth-order valence-corrected chi connectivity index (χ4v) is 2.57. The first-order chi connectivity index (χ1) is 8.20. The molecular weight excluding hydrogens is 350 g/mol. The Bertz CT molecular complexity index is 513. The van der Waals surface area contributed by atoms with Gasteiger partial charge in [-0.3, -0.25) is 0 Å². The normalized spacial score (nSPS) is 10.8. The quantitative estimate of drug-likeness (QED) is 0.910. The van der Waals surface area contributed by atoms with Crippen LogP contribution in [-0.4, -0.2) is 23.8 Å². The van der Waals surface area contributed by atoms with Crippen molar-refractivity contribution in [2.24, 2.45) is 0 Å². The predicted molar refractivity (Wildman–Crippen MR) is 72.8 cm³/mol. The van der Waals surface area contributed by atoms with Gasteiger partial charge in [0.05, 0.1) is 5.56 Å². The van der Waals surface area contributed by atoms with Crippen LogP contribution in [0.25, 0.3) is 11.5 Å². The first-order valence-corrected chi connectivity index (χ1v) is 6.71. The van der Waals surface area contributed by atoms with Crippen LogP contribution in [0.3, 0.4) is 0 Å². The average molecular weight is 361 g/mol. The lowest BCUT2D eigenvalue weighted by molar-refractivity contribution is 0.500. The molecule has 90 valence electrons. The number of nitrogens with one attached hydrogen (secondary N) is 1. The molecule has 1 N–H and O–H groups in total. The van der Waals surface area contributed by atoms with Crippen LogP contribution in [0.15, 0.2) is 31.6 Å². The average Bonchev–Trinajstić information content (AvgIpc) is 2.75. The molecule has 0 fully saturated rings. The van der Waals surface area contributed by atoms with Crippen molar-refractivity contribution in [2.75, 3.05) is 13.6 Å². The number of aromatic nitrogens is 2. The van der Waals surface area contributed by atoms with E-state index in [4.69, 9.17) is 4.42 Å². The maximum Gasteiger partial charge on any atom is 0.248 e. The lowest BCUT2D eigenvalue weighted by atomic mass is 10.2. The van der Waals surface area contributed by atoms with Crippen LogP contribution in [0.1, 0.15) is 5.89 Å². The lowest BCUT2D eigenvalue weighted by Crippen LogP contribution is -2.10. The Kier molecular flexibility index (Phi) is 4.31. The summed E-state index contributed by atoms with van der Waals surface area (Å²) in [6.45, 7) is 0.823. The molecule has 0 amide bonds. The number of hydrogen-bond acceptors (Lipinski definition) is 4. The van der Waals surface area contributed by atoms with Crippen LogP contribution in [-0.2, 0) is 6.42 Å². The van der Waals surface area contributed by atoms with Gasteiger partial charge >= 0.3 is 0 Å². The number of halogens is 2. The molecule has 0 bridgehead atoms. The summed E-state index contributed by atoms with van der Waals surface area (Å²) in [6, 6.07) is 5.83. The van der Waals surface area contributed by atoms with Crippen molar-refractivity contribution >= 4 is 31.9 Å². The highest BCUT2D eigenvalue weighted by Crippen LogP contribution is 2.29. The molecule has 0 atom stereocenters. The van der Waals surface area contributed by atoms with Gasteiger partial charge in [-0.1, -0.05) is 15.9 Å². The Morgan fingerprint density at radius 1 is 1.29 bits per heavy atom. The van der Waals surface area contributed by atoms with E-state index in [-0.39, 0.29) is 0 Å². The van der Waals surface area contributed by atoms with E-state index in [2.05, 4.69) is 47.4 Å². The summed E-state index contributed by atoms with van der Waals surface area (Å²) in [7, 11) is 1.89. The molecule has 1 aromatic heterocycles. The van der Waals surface area contributed by atoms with Crippen molar-refractivity contribution in [1.82, 2.24) is 15.5 Å². The minimum atomic E-state index is 0.537. The number of benzene rings is 1. The van der Waals surface area contributed by atoms with E-state index in [1.807, 2.05) is 25.2 Å². The summed E-state index contributed by atoms with van der Waals surface area (Å²) in [5.41, 5.74) is 0.899. The Hall–Kier alpha value is -0.720. The molecule has 0 saturated carbocycles. The number of likely N-dealkylation sites (N-methyl/N-ethyl adjacent to an activating group) is 1. The van der Waals surface area contributed by atoms with E-state index in [0.29, 0.717) is 11.8 Å². The SMILES string of the molecule is CNCCc1nnc(-c2ccc(Br)cc2Br)o1. The van der Waals surface area contributed by atoms with Crippen molar-refractivity contribution in [3.8, 4) is 11.5 Å². The molecule has 0 saturated heterocycles. The lowest BCUT2D eigenvalue weighted by Gasteiger charge is -1.99. The van der Waals surface area contributed by atoms with Crippen molar-refractivity contribution in [1.29, 1.82) is 0 Å². The van der Waals surface area contributed by atoms with Crippen LogP contribution in [0, 0.1) is 0 Å². The third-order valence-electron chi connectivity index (χ3n) is 2.22. The molecule has 17 heavy (non-hydrogen) atoms. The molecule has 0 aliphatic rings. The smallest absolute Gasteiger partial charge is 0.248 e. The molecule has 4 nitrogen and oxygen atoms in total. The van der Waals surface area contributed by atoms with E-state index in [0.717, 1.165) is 27.5 Å². The maximum atomic E-state index is 5.58. The first-order valence-electron chi connectivity index (χ1n) is 5.13. The van der Waals surface area contributed by atoms with Gasteiger partial charge in [0.1, 0.15) is 0 Å². The zero-order valence-electron chi connectivity index (χ0n) is 9.20. The van der Waals surface area contributed by atoms with Gasteiger partial charge in [0.15, 0.2) is 0 Å². The van der Waals surface area contributed by atoms with Crippen LogP contribution >= 0.6 is 31.9 Å². The molecule has 6 heteroatoms. The zero-order valence-corrected chi connectivity index (χ0v) is 12.4. The Morgan fingerprint density at radius 3 is 2.82 bits per heavy atom. The summed E-state index contributed by atoms with van der Waals surface area (Å²) in [6.07, 6.45) is 0.734. The first kappa shape index (κ1) is 12.7. The molecule has 2 rings (SSSR count). The third-order valence-corrected chi connectivity index (χ3v) is 3.37. The van der Waals surface area contributed by atoms with Crippen LogP contribution in [0.4, 0.5) is 0 Å². The van der Waals surface area contributed by atoms with Crippen molar-refractivity contribution in [2.45, 2.75) is 6.42 Å². The fraction of sp³-hybridized carbons (Fsp3) is 0.273. The van der Waals surface area contributed by atoms with Gasteiger partial charge < -0.3 is 9.73 Å². The molecular formula is C11H11Br2N3O. The molecule has 1 aromatic carbocycles. The van der Waals surface area contributed by atoms with Crippen LogP contribution in [0.5, 0.6) is 0 Å². The van der Waals surface area contributed by atoms with E-state index < -0.39 is 0 Å². The summed E-state index contributed by atoms with van der Waals surface area (Å²) < 4.78 is 7.51. The van der Waals surface area contributed by atoms with Gasteiger partial charge in [0, 0.05) is 21.9 Å². The second kappa shape index (κ2) is 5.75. The Labute approximate surface area is 116 Å². The van der Waals surface area contributed by atoms with Gasteiger partial charge in [-0.05, 0) is 41.2 Å². The number of hydrogen-bond donors (Lipinski definition) is 1. The molecule has 0 unspecified atom stereocenters. The second-order valence-electron chi connectivity index (χ2n) is 3.48. The van der Waals surface area contributed by atoms with Crippen LogP contribution < -0.4 is 5.32 Å². The summed E-state index contributed by atoms with van der Waals surface area (Å²) in [4.78, 5) is 0. The second-order valence-corrected chi connectivity index (χ2v) is 5.25. The van der Waals surface area contributed by atoms with Gasteiger partial charge in [0.2, 0.25) is 11.8 Å². The van der Waals surface area contributed by atoms with Gasteiger partial charge in [-0.15, -0.1) is 10.2 Å². The minimum Gasteiger partial charge on any atom is -0.421 e. The summed E-state index contributed by atoms with van der Waals surface area (Å²) >= 11 is 6.88. The topological polar surface area (TPSA) is 51.0 Å². The highest BCUT2D eigenvalue weighted by Gasteiger charge is 2.11. The van der Waals surface area contributed by atoms with Crippen molar-refractivity contribution < 1.29 is 4.42 Å². The zero-order chi connectivity index (χ0) is 12.3. The van der Waals surface area contributed by atoms with E-state index in [9.17, 15) is 0 Å². The monoisotopic (exact) mass is 359 g/mol. The molecule has 0 aliphatic carbocycles. The molecule has 0 radical (unpaired) electrons. The van der Waals surface area contributed by atoms with Crippen molar-refractivity contribution in [3.63, 3.8) is 0 Å². The highest BCUT2D eigenvalue weighted by atomic mass is 79.9. The van der Waals surface area contributed by atoms with E-state index in [1.54, 1.807) is 0 Å². The number of rotatable bonds is 4. The summed E-state index contributed by atoms with van der Waals surface area (Å²) in [5.74, 6) is 1.18. The van der Waals surface area contributed by atoms with Crippen LogP contribution in [0.2, 0.25) is 0 Å². The number of nitrogens with zero attached hydrogens (tertiary/aromatic N) is 2.